The van der Waals surface area contributed by atoms with Gasteiger partial charge in [-0.15, -0.1) is 0 Å². The molecule has 1 N–H and O–H groups in total. The number of rotatable bonds is 5. The van der Waals surface area contributed by atoms with Crippen molar-refractivity contribution in [2.24, 2.45) is 0 Å². The summed E-state index contributed by atoms with van der Waals surface area (Å²) >= 11 is 0. The molecule has 0 aromatic carbocycles. The summed E-state index contributed by atoms with van der Waals surface area (Å²) in [6, 6.07) is 0.107. The van der Waals surface area contributed by atoms with Crippen LogP contribution in [0.5, 0.6) is 0 Å². The first-order valence-corrected chi connectivity index (χ1v) is 8.31. The Hall–Kier alpha value is -1.34. The van der Waals surface area contributed by atoms with E-state index in [4.69, 9.17) is 4.74 Å². The van der Waals surface area contributed by atoms with Crippen LogP contribution in [-0.2, 0) is 9.53 Å². The molecule has 0 aromatic rings. The van der Waals surface area contributed by atoms with E-state index in [1.807, 2.05) is 9.80 Å². The summed E-state index contributed by atoms with van der Waals surface area (Å²) in [5.74, 6) is 0.0846. The van der Waals surface area contributed by atoms with Crippen molar-refractivity contribution < 1.29 is 14.3 Å². The van der Waals surface area contributed by atoms with E-state index in [0.29, 0.717) is 45.9 Å². The van der Waals surface area contributed by atoms with Crippen LogP contribution in [0.25, 0.3) is 0 Å². The number of piperazine rings is 1. The highest BCUT2D eigenvalue weighted by Crippen LogP contribution is 2.07. The van der Waals surface area contributed by atoms with Gasteiger partial charge in [0.2, 0.25) is 5.91 Å². The quantitative estimate of drug-likeness (QED) is 0.724. The summed E-state index contributed by atoms with van der Waals surface area (Å²) in [5.41, 5.74) is 0. The Morgan fingerprint density at radius 3 is 2.27 bits per heavy atom. The number of nitrogens with one attached hydrogen (secondary N) is 1. The number of nitrogens with zero attached hydrogens (tertiary/aromatic N) is 3. The largest absolute Gasteiger partial charge is 0.378 e. The predicted octanol–water partition coefficient (Wildman–Crippen LogP) is -0.0275. The zero-order valence-corrected chi connectivity index (χ0v) is 13.6. The van der Waals surface area contributed by atoms with E-state index >= 15 is 0 Å². The van der Waals surface area contributed by atoms with Crippen molar-refractivity contribution in [2.45, 2.75) is 19.8 Å². The minimum absolute atomic E-state index is 0.0846. The van der Waals surface area contributed by atoms with Crippen molar-refractivity contribution >= 4 is 11.9 Å². The number of urea groups is 1. The average Bonchev–Trinajstić information content (AvgIpc) is 2.56. The summed E-state index contributed by atoms with van der Waals surface area (Å²) < 4.78 is 5.27. The molecule has 2 heterocycles. The van der Waals surface area contributed by atoms with Crippen LogP contribution in [0, 0.1) is 0 Å². The maximum Gasteiger partial charge on any atom is 0.320 e. The number of unbranched alkanes of at least 4 members (excludes halogenated alkanes) is 1. The molecular formula is C15H28N4O3. The fourth-order valence-corrected chi connectivity index (χ4v) is 2.72. The van der Waals surface area contributed by atoms with Crippen LogP contribution in [0.3, 0.4) is 0 Å². The molecular weight excluding hydrogens is 284 g/mol. The van der Waals surface area contributed by atoms with Crippen molar-refractivity contribution in [1.82, 2.24) is 20.0 Å². The van der Waals surface area contributed by atoms with Gasteiger partial charge in [-0.2, -0.15) is 0 Å². The van der Waals surface area contributed by atoms with Gasteiger partial charge in [0.15, 0.2) is 0 Å². The molecule has 0 atom stereocenters. The number of morpholine rings is 1. The molecule has 0 saturated carbocycles. The Bertz CT molecular complexity index is 364. The summed E-state index contributed by atoms with van der Waals surface area (Å²) in [4.78, 5) is 30.0. The molecule has 2 aliphatic heterocycles. The summed E-state index contributed by atoms with van der Waals surface area (Å²) in [6.45, 7) is 8.82. The zero-order chi connectivity index (χ0) is 15.8. The number of carbonyl (C=O) groups excluding carboxylic acids is 2. The summed E-state index contributed by atoms with van der Waals surface area (Å²) in [7, 11) is 0. The van der Waals surface area contributed by atoms with Crippen LogP contribution >= 0.6 is 0 Å². The Balaban J connectivity index is 1.66. The fraction of sp³-hybridized carbons (Fsp3) is 0.867. The molecule has 7 nitrogen and oxygen atoms in total. The number of hydrogen-bond donors (Lipinski definition) is 1. The second kappa shape index (κ2) is 8.95. The van der Waals surface area contributed by atoms with Gasteiger partial charge in [-0.3, -0.25) is 9.69 Å². The van der Waals surface area contributed by atoms with E-state index in [9.17, 15) is 9.59 Å². The second-order valence-electron chi connectivity index (χ2n) is 5.85. The molecule has 0 spiro atoms. The van der Waals surface area contributed by atoms with Crippen molar-refractivity contribution in [2.75, 3.05) is 65.6 Å². The first kappa shape index (κ1) is 17.0. The normalized spacial score (nSPS) is 20.0. The maximum atomic E-state index is 12.4. The van der Waals surface area contributed by atoms with Gasteiger partial charge in [0.1, 0.15) is 0 Å². The number of amides is 3. The van der Waals surface area contributed by atoms with Crippen LogP contribution in [0.2, 0.25) is 0 Å². The highest BCUT2D eigenvalue weighted by Gasteiger charge is 2.26. The van der Waals surface area contributed by atoms with Gasteiger partial charge in [-0.1, -0.05) is 13.3 Å². The van der Waals surface area contributed by atoms with Crippen LogP contribution in [0.15, 0.2) is 0 Å². The van der Waals surface area contributed by atoms with Gasteiger partial charge in [-0.05, 0) is 6.42 Å². The smallest absolute Gasteiger partial charge is 0.320 e. The number of carbonyl (C=O) groups is 2. The van der Waals surface area contributed by atoms with Crippen molar-refractivity contribution in [3.05, 3.63) is 0 Å². The Kier molecular flexibility index (Phi) is 6.92. The third-order valence-electron chi connectivity index (χ3n) is 4.14. The van der Waals surface area contributed by atoms with Gasteiger partial charge in [0.05, 0.1) is 19.8 Å². The Labute approximate surface area is 132 Å². The molecule has 2 aliphatic rings. The molecule has 3 amide bonds. The molecule has 0 unspecified atom stereocenters. The van der Waals surface area contributed by atoms with Crippen molar-refractivity contribution in [3.63, 3.8) is 0 Å². The summed E-state index contributed by atoms with van der Waals surface area (Å²) in [5, 5.41) is 2.93. The third kappa shape index (κ3) is 5.14. The SMILES string of the molecule is CCCCNC(=O)CN1CCN(C(=O)N2CCOCC2)CC1. The third-order valence-corrected chi connectivity index (χ3v) is 4.14. The van der Waals surface area contributed by atoms with E-state index in [-0.39, 0.29) is 11.9 Å². The monoisotopic (exact) mass is 312 g/mol. The first-order chi connectivity index (χ1) is 10.7. The van der Waals surface area contributed by atoms with E-state index in [1.165, 1.54) is 0 Å². The molecule has 0 aliphatic carbocycles. The minimum atomic E-state index is 0.0846. The van der Waals surface area contributed by atoms with Crippen LogP contribution in [0.1, 0.15) is 19.8 Å². The molecule has 2 saturated heterocycles. The van der Waals surface area contributed by atoms with Crippen LogP contribution in [0.4, 0.5) is 4.79 Å². The Morgan fingerprint density at radius 2 is 1.64 bits per heavy atom. The molecule has 0 radical (unpaired) electrons. The van der Waals surface area contributed by atoms with Gasteiger partial charge in [0.25, 0.3) is 0 Å². The van der Waals surface area contributed by atoms with Crippen LogP contribution in [-0.4, -0.2) is 92.2 Å². The highest BCUT2D eigenvalue weighted by atomic mass is 16.5. The van der Waals surface area contributed by atoms with E-state index in [0.717, 1.165) is 32.5 Å². The predicted molar refractivity (Wildman–Crippen MR) is 83.7 cm³/mol. The minimum Gasteiger partial charge on any atom is -0.378 e. The van der Waals surface area contributed by atoms with E-state index in [2.05, 4.69) is 17.1 Å². The van der Waals surface area contributed by atoms with E-state index in [1.54, 1.807) is 0 Å². The summed E-state index contributed by atoms with van der Waals surface area (Å²) in [6.07, 6.45) is 2.11. The Morgan fingerprint density at radius 1 is 1.00 bits per heavy atom. The molecule has 2 fully saturated rings. The van der Waals surface area contributed by atoms with Crippen molar-refractivity contribution in [1.29, 1.82) is 0 Å². The fourth-order valence-electron chi connectivity index (χ4n) is 2.72. The number of hydrogen-bond acceptors (Lipinski definition) is 4. The zero-order valence-electron chi connectivity index (χ0n) is 13.6. The van der Waals surface area contributed by atoms with Gasteiger partial charge >= 0.3 is 6.03 Å². The molecule has 0 bridgehead atoms. The molecule has 0 aromatic heterocycles. The lowest BCUT2D eigenvalue weighted by Crippen LogP contribution is -2.55. The van der Waals surface area contributed by atoms with Crippen LogP contribution < -0.4 is 5.32 Å². The maximum absolute atomic E-state index is 12.4. The lowest BCUT2D eigenvalue weighted by molar-refractivity contribution is -0.122. The lowest BCUT2D eigenvalue weighted by Gasteiger charge is -2.38. The lowest BCUT2D eigenvalue weighted by atomic mass is 10.3. The molecule has 7 heteroatoms. The number of ether oxygens (including phenoxy) is 1. The highest BCUT2D eigenvalue weighted by molar-refractivity contribution is 5.78. The van der Waals surface area contributed by atoms with Gasteiger partial charge < -0.3 is 19.9 Å². The van der Waals surface area contributed by atoms with E-state index < -0.39 is 0 Å². The molecule has 22 heavy (non-hydrogen) atoms. The van der Waals surface area contributed by atoms with Crippen molar-refractivity contribution in [3.8, 4) is 0 Å². The first-order valence-electron chi connectivity index (χ1n) is 8.31. The molecule has 2 rings (SSSR count). The topological polar surface area (TPSA) is 65.1 Å². The van der Waals surface area contributed by atoms with Gasteiger partial charge in [0, 0.05) is 45.8 Å². The van der Waals surface area contributed by atoms with Gasteiger partial charge in [-0.25, -0.2) is 4.79 Å². The molecule has 126 valence electrons. The second-order valence-corrected chi connectivity index (χ2v) is 5.85. The standard InChI is InChI=1S/C15H28N4O3/c1-2-3-4-16-14(20)13-17-5-7-18(8-6-17)15(21)19-9-11-22-12-10-19/h2-13H2,1H3,(H,16,20). The average molecular weight is 312 g/mol.